The summed E-state index contributed by atoms with van der Waals surface area (Å²) in [5.41, 5.74) is 0.183. The van der Waals surface area contributed by atoms with Crippen LogP contribution in [0.4, 0.5) is 4.39 Å². The van der Waals surface area contributed by atoms with Crippen LogP contribution in [0.5, 0.6) is 0 Å². The molecule has 1 N–H and O–H groups in total. The molecule has 2 rings (SSSR count). The van der Waals surface area contributed by atoms with Gasteiger partial charge in [0.25, 0.3) is 0 Å². The molecule has 6 heteroatoms. The van der Waals surface area contributed by atoms with Gasteiger partial charge in [-0.1, -0.05) is 11.6 Å². The van der Waals surface area contributed by atoms with Crippen molar-refractivity contribution in [2.24, 2.45) is 5.41 Å². The van der Waals surface area contributed by atoms with Gasteiger partial charge < -0.3 is 5.11 Å². The molecule has 0 aromatic heterocycles. The topological polar surface area (TPSA) is 54.4 Å². The zero-order valence-electron chi connectivity index (χ0n) is 10.2. The van der Waals surface area contributed by atoms with Crippen molar-refractivity contribution in [3.63, 3.8) is 0 Å². The monoisotopic (exact) mass is 304 g/mol. The minimum absolute atomic E-state index is 0.0512. The van der Waals surface area contributed by atoms with Crippen molar-refractivity contribution >= 4 is 28.4 Å². The lowest BCUT2D eigenvalue weighted by Gasteiger charge is -2.12. The van der Waals surface area contributed by atoms with Crippen LogP contribution in [0.2, 0.25) is 5.02 Å². The number of carboxylic acids is 1. The fraction of sp³-hybridized carbons (Fsp3) is 0.462. The van der Waals surface area contributed by atoms with Crippen molar-refractivity contribution in [3.05, 3.63) is 34.6 Å². The van der Waals surface area contributed by atoms with Gasteiger partial charge in [-0.25, -0.2) is 4.39 Å². The predicted molar refractivity (Wildman–Crippen MR) is 72.0 cm³/mol. The van der Waals surface area contributed by atoms with Crippen LogP contribution in [0, 0.1) is 11.2 Å². The van der Waals surface area contributed by atoms with Gasteiger partial charge in [-0.3, -0.25) is 9.00 Å². The van der Waals surface area contributed by atoms with Gasteiger partial charge in [0.1, 0.15) is 5.82 Å². The predicted octanol–water partition coefficient (Wildman–Crippen LogP) is 2.98. The van der Waals surface area contributed by atoms with Crippen molar-refractivity contribution in [2.45, 2.75) is 25.0 Å². The maximum absolute atomic E-state index is 13.1. The van der Waals surface area contributed by atoms with Gasteiger partial charge in [0.05, 0.1) is 12.2 Å². The minimum atomic E-state index is -1.23. The van der Waals surface area contributed by atoms with Crippen LogP contribution in [0.3, 0.4) is 0 Å². The van der Waals surface area contributed by atoms with E-state index < -0.39 is 22.6 Å². The number of benzene rings is 1. The second kappa shape index (κ2) is 5.59. The molecule has 0 spiro atoms. The fourth-order valence-electron chi connectivity index (χ4n) is 2.09. The summed E-state index contributed by atoms with van der Waals surface area (Å²) in [4.78, 5) is 10.7. The highest BCUT2D eigenvalue weighted by Crippen LogP contribution is 2.49. The molecule has 0 bridgehead atoms. The quantitative estimate of drug-likeness (QED) is 0.879. The first-order valence-electron chi connectivity index (χ1n) is 5.91. The highest BCUT2D eigenvalue weighted by Gasteiger charge is 2.45. The van der Waals surface area contributed by atoms with Gasteiger partial charge in [-0.15, -0.1) is 0 Å². The van der Waals surface area contributed by atoms with E-state index in [-0.39, 0.29) is 17.6 Å². The third-order valence-electron chi connectivity index (χ3n) is 3.27. The summed E-state index contributed by atoms with van der Waals surface area (Å²) in [5.74, 6) is -0.772. The number of halogens is 2. The Morgan fingerprint density at radius 1 is 1.47 bits per heavy atom. The Hall–Kier alpha value is -0.940. The van der Waals surface area contributed by atoms with Gasteiger partial charge in [0, 0.05) is 21.6 Å². The molecule has 0 aliphatic heterocycles. The SMILES string of the molecule is O=C(O)CC1(CS(=O)Cc2cc(F)ccc2Cl)CC1. The summed E-state index contributed by atoms with van der Waals surface area (Å²) >= 11 is 5.92. The lowest BCUT2D eigenvalue weighted by atomic mass is 10.1. The highest BCUT2D eigenvalue weighted by molar-refractivity contribution is 7.84. The maximum atomic E-state index is 13.1. The normalized spacial score (nSPS) is 18.0. The van der Waals surface area contributed by atoms with Crippen LogP contribution in [0.15, 0.2) is 18.2 Å². The third kappa shape index (κ3) is 4.01. The molecule has 104 valence electrons. The van der Waals surface area contributed by atoms with E-state index in [1.807, 2.05) is 0 Å². The van der Waals surface area contributed by atoms with Crippen molar-refractivity contribution in [3.8, 4) is 0 Å². The third-order valence-corrected chi connectivity index (χ3v) is 5.21. The van der Waals surface area contributed by atoms with E-state index in [1.165, 1.54) is 18.2 Å². The molecule has 1 aliphatic rings. The standard InChI is InChI=1S/C13H14ClFO3S/c14-11-2-1-10(15)5-9(11)7-19(18)8-13(3-4-13)6-12(16)17/h1-2,5H,3-4,6-8H2,(H,16,17). The van der Waals surface area contributed by atoms with E-state index in [1.54, 1.807) is 0 Å². The molecule has 1 fully saturated rings. The summed E-state index contributed by atoms with van der Waals surface area (Å²) in [6.45, 7) is 0. The van der Waals surface area contributed by atoms with Crippen molar-refractivity contribution < 1.29 is 18.5 Å². The number of hydrogen-bond acceptors (Lipinski definition) is 2. The first-order chi connectivity index (χ1) is 8.90. The van der Waals surface area contributed by atoms with Crippen LogP contribution in [-0.2, 0) is 21.3 Å². The first-order valence-corrected chi connectivity index (χ1v) is 7.78. The van der Waals surface area contributed by atoms with E-state index in [2.05, 4.69) is 0 Å². The molecule has 1 aromatic rings. The summed E-state index contributed by atoms with van der Waals surface area (Å²) in [6, 6.07) is 3.96. The molecule has 1 atom stereocenters. The Kier molecular flexibility index (Phi) is 4.26. The summed E-state index contributed by atoms with van der Waals surface area (Å²) in [7, 11) is -1.23. The van der Waals surface area contributed by atoms with Crippen LogP contribution in [0.1, 0.15) is 24.8 Å². The lowest BCUT2D eigenvalue weighted by molar-refractivity contribution is -0.138. The molecule has 1 aromatic carbocycles. The van der Waals surface area contributed by atoms with E-state index >= 15 is 0 Å². The summed E-state index contributed by atoms with van der Waals surface area (Å²) in [6.07, 6.45) is 1.64. The average Bonchev–Trinajstić information content (AvgIpc) is 3.01. The smallest absolute Gasteiger partial charge is 0.303 e. The Morgan fingerprint density at radius 2 is 2.16 bits per heavy atom. The van der Waals surface area contributed by atoms with Crippen molar-refractivity contribution in [2.75, 3.05) is 5.75 Å². The maximum Gasteiger partial charge on any atom is 0.303 e. The Labute approximate surface area is 118 Å². The fourth-order valence-corrected chi connectivity index (χ4v) is 4.11. The molecule has 3 nitrogen and oxygen atoms in total. The molecule has 1 aliphatic carbocycles. The Balaban J connectivity index is 1.98. The Bertz CT molecular complexity index is 529. The van der Waals surface area contributed by atoms with E-state index in [0.717, 1.165) is 12.8 Å². The molecule has 1 unspecified atom stereocenters. The number of carboxylic acid groups (broad SMARTS) is 1. The van der Waals surface area contributed by atoms with Gasteiger partial charge in [0.2, 0.25) is 0 Å². The van der Waals surface area contributed by atoms with Crippen LogP contribution < -0.4 is 0 Å². The summed E-state index contributed by atoms with van der Waals surface area (Å²) in [5, 5.41) is 9.19. The van der Waals surface area contributed by atoms with Crippen LogP contribution in [0.25, 0.3) is 0 Å². The van der Waals surface area contributed by atoms with Gasteiger partial charge in [0.15, 0.2) is 0 Å². The molecule has 0 radical (unpaired) electrons. The second-order valence-corrected chi connectivity index (χ2v) is 6.90. The molecule has 19 heavy (non-hydrogen) atoms. The average molecular weight is 305 g/mol. The van der Waals surface area contributed by atoms with E-state index in [4.69, 9.17) is 16.7 Å². The highest BCUT2D eigenvalue weighted by atomic mass is 35.5. The van der Waals surface area contributed by atoms with Crippen LogP contribution >= 0.6 is 11.6 Å². The first kappa shape index (κ1) is 14.5. The van der Waals surface area contributed by atoms with Gasteiger partial charge >= 0.3 is 5.97 Å². The van der Waals surface area contributed by atoms with Crippen LogP contribution in [-0.4, -0.2) is 21.0 Å². The number of rotatable bonds is 6. The molecule has 0 heterocycles. The molecule has 1 saturated carbocycles. The Morgan fingerprint density at radius 3 is 2.74 bits per heavy atom. The lowest BCUT2D eigenvalue weighted by Crippen LogP contribution is -2.17. The number of hydrogen-bond donors (Lipinski definition) is 1. The number of aliphatic carboxylic acids is 1. The van der Waals surface area contributed by atoms with Crippen molar-refractivity contribution in [1.29, 1.82) is 0 Å². The van der Waals surface area contributed by atoms with Crippen molar-refractivity contribution in [1.82, 2.24) is 0 Å². The molecular weight excluding hydrogens is 291 g/mol. The number of carbonyl (C=O) groups is 1. The molecular formula is C13H14ClFO3S. The largest absolute Gasteiger partial charge is 0.481 e. The van der Waals surface area contributed by atoms with E-state index in [0.29, 0.717) is 16.3 Å². The second-order valence-electron chi connectivity index (χ2n) is 5.03. The zero-order chi connectivity index (χ0) is 14.0. The summed E-state index contributed by atoms with van der Waals surface area (Å²) < 4.78 is 25.1. The molecule has 0 amide bonds. The zero-order valence-corrected chi connectivity index (χ0v) is 11.8. The van der Waals surface area contributed by atoms with E-state index in [9.17, 15) is 13.4 Å². The van der Waals surface area contributed by atoms with Gasteiger partial charge in [-0.05, 0) is 42.0 Å². The molecule has 0 saturated heterocycles. The minimum Gasteiger partial charge on any atom is -0.481 e. The van der Waals surface area contributed by atoms with Gasteiger partial charge in [-0.2, -0.15) is 0 Å².